The lowest BCUT2D eigenvalue weighted by Gasteiger charge is -2.36. The number of carbonyl (C=O) groups is 3. The topological polar surface area (TPSA) is 81.8 Å². The van der Waals surface area contributed by atoms with Crippen molar-refractivity contribution in [3.8, 4) is 0 Å². The molecular formula is C20H27FN4O3. The van der Waals surface area contributed by atoms with Gasteiger partial charge < -0.3 is 20.4 Å². The van der Waals surface area contributed by atoms with Crippen LogP contribution in [-0.2, 0) is 14.4 Å². The van der Waals surface area contributed by atoms with Crippen LogP contribution in [0.1, 0.15) is 32.1 Å². The Kier molecular flexibility index (Phi) is 6.84. The molecule has 0 spiro atoms. The first-order valence-corrected chi connectivity index (χ1v) is 9.90. The fourth-order valence-corrected chi connectivity index (χ4v) is 3.71. The number of piperazine rings is 1. The van der Waals surface area contributed by atoms with Crippen molar-refractivity contribution < 1.29 is 18.8 Å². The third-order valence-electron chi connectivity index (χ3n) is 5.37. The molecule has 7 nitrogen and oxygen atoms in total. The van der Waals surface area contributed by atoms with E-state index in [1.807, 2.05) is 0 Å². The van der Waals surface area contributed by atoms with Gasteiger partial charge in [0.1, 0.15) is 5.82 Å². The summed E-state index contributed by atoms with van der Waals surface area (Å²) in [6.07, 6.45) is 5.10. The Morgan fingerprint density at radius 3 is 2.21 bits per heavy atom. The second-order valence-corrected chi connectivity index (χ2v) is 7.34. The highest BCUT2D eigenvalue weighted by atomic mass is 19.1. The van der Waals surface area contributed by atoms with Crippen molar-refractivity contribution in [2.75, 3.05) is 37.6 Å². The normalized spacial score (nSPS) is 17.9. The second-order valence-electron chi connectivity index (χ2n) is 7.34. The molecule has 1 heterocycles. The quantitative estimate of drug-likeness (QED) is 0.753. The average molecular weight is 390 g/mol. The Balaban J connectivity index is 1.38. The molecule has 1 aromatic rings. The molecule has 3 rings (SSSR count). The lowest BCUT2D eigenvalue weighted by Crippen LogP contribution is -2.52. The van der Waals surface area contributed by atoms with Crippen molar-refractivity contribution >= 4 is 23.4 Å². The minimum absolute atomic E-state index is 0.0576. The van der Waals surface area contributed by atoms with Gasteiger partial charge >= 0.3 is 11.8 Å². The van der Waals surface area contributed by atoms with E-state index in [4.69, 9.17) is 0 Å². The molecule has 1 aromatic carbocycles. The van der Waals surface area contributed by atoms with E-state index in [0.29, 0.717) is 26.2 Å². The standard InChI is InChI=1S/C20H27FN4O3/c21-15-6-8-17(9-7-15)24-10-12-25(13-11-24)18(26)14-22-19(27)20(28)23-16-4-2-1-3-5-16/h6-9,16H,1-5,10-14H2,(H,22,27)(H,23,28). The average Bonchev–Trinajstić information content (AvgIpc) is 2.73. The molecule has 2 aliphatic rings. The third kappa shape index (κ3) is 5.43. The van der Waals surface area contributed by atoms with E-state index < -0.39 is 11.8 Å². The van der Waals surface area contributed by atoms with Gasteiger partial charge in [0.25, 0.3) is 0 Å². The minimum Gasteiger partial charge on any atom is -0.368 e. The highest BCUT2D eigenvalue weighted by Gasteiger charge is 2.24. The van der Waals surface area contributed by atoms with Crippen molar-refractivity contribution in [2.24, 2.45) is 0 Å². The van der Waals surface area contributed by atoms with Crippen LogP contribution in [0.2, 0.25) is 0 Å². The van der Waals surface area contributed by atoms with E-state index in [1.54, 1.807) is 17.0 Å². The first-order valence-electron chi connectivity index (χ1n) is 9.90. The molecule has 0 aromatic heterocycles. The molecule has 2 N–H and O–H groups in total. The zero-order chi connectivity index (χ0) is 19.9. The van der Waals surface area contributed by atoms with Crippen molar-refractivity contribution in [2.45, 2.75) is 38.1 Å². The van der Waals surface area contributed by atoms with Crippen molar-refractivity contribution in [1.82, 2.24) is 15.5 Å². The number of nitrogens with one attached hydrogen (secondary N) is 2. The van der Waals surface area contributed by atoms with Gasteiger partial charge in [0, 0.05) is 37.9 Å². The van der Waals surface area contributed by atoms with Gasteiger partial charge in [-0.25, -0.2) is 4.39 Å². The lowest BCUT2D eigenvalue weighted by atomic mass is 9.95. The SMILES string of the molecule is O=C(NCC(=O)N1CCN(c2ccc(F)cc2)CC1)C(=O)NC1CCCCC1. The summed E-state index contributed by atoms with van der Waals surface area (Å²) in [6, 6.07) is 6.33. The Labute approximate surface area is 164 Å². The first kappa shape index (κ1) is 20.1. The second kappa shape index (κ2) is 9.52. The minimum atomic E-state index is -0.760. The van der Waals surface area contributed by atoms with E-state index in [9.17, 15) is 18.8 Å². The zero-order valence-corrected chi connectivity index (χ0v) is 16.0. The van der Waals surface area contributed by atoms with Gasteiger partial charge in [-0.1, -0.05) is 19.3 Å². The number of benzene rings is 1. The van der Waals surface area contributed by atoms with E-state index in [2.05, 4.69) is 15.5 Å². The van der Waals surface area contributed by atoms with Gasteiger partial charge in [-0.15, -0.1) is 0 Å². The third-order valence-corrected chi connectivity index (χ3v) is 5.37. The first-order chi connectivity index (χ1) is 13.5. The van der Waals surface area contributed by atoms with E-state index in [1.165, 1.54) is 18.6 Å². The predicted octanol–water partition coefficient (Wildman–Crippen LogP) is 1.04. The maximum atomic E-state index is 13.0. The molecule has 152 valence electrons. The van der Waals surface area contributed by atoms with E-state index in [-0.39, 0.29) is 24.3 Å². The smallest absolute Gasteiger partial charge is 0.309 e. The van der Waals surface area contributed by atoms with E-state index >= 15 is 0 Å². The monoisotopic (exact) mass is 390 g/mol. The molecule has 28 heavy (non-hydrogen) atoms. The number of carbonyl (C=O) groups excluding carboxylic acids is 3. The molecule has 1 saturated carbocycles. The van der Waals surface area contributed by atoms with Crippen LogP contribution >= 0.6 is 0 Å². The molecule has 0 bridgehead atoms. The van der Waals surface area contributed by atoms with Crippen LogP contribution < -0.4 is 15.5 Å². The maximum absolute atomic E-state index is 13.0. The fraction of sp³-hybridized carbons (Fsp3) is 0.550. The zero-order valence-electron chi connectivity index (χ0n) is 16.0. The molecule has 2 fully saturated rings. The summed E-state index contributed by atoms with van der Waals surface area (Å²) in [6.45, 7) is 2.11. The summed E-state index contributed by atoms with van der Waals surface area (Å²) in [4.78, 5) is 39.9. The number of anilines is 1. The fourth-order valence-electron chi connectivity index (χ4n) is 3.71. The van der Waals surface area contributed by atoms with Gasteiger partial charge in [0.05, 0.1) is 6.54 Å². The molecule has 0 atom stereocenters. The summed E-state index contributed by atoms with van der Waals surface area (Å²) in [5.41, 5.74) is 0.918. The highest BCUT2D eigenvalue weighted by molar-refractivity contribution is 6.35. The predicted molar refractivity (Wildman–Crippen MR) is 103 cm³/mol. The lowest BCUT2D eigenvalue weighted by molar-refractivity contribution is -0.141. The Bertz CT molecular complexity index is 696. The van der Waals surface area contributed by atoms with Crippen LogP contribution in [0.15, 0.2) is 24.3 Å². The Morgan fingerprint density at radius 2 is 1.57 bits per heavy atom. The highest BCUT2D eigenvalue weighted by Crippen LogP contribution is 2.18. The summed E-state index contributed by atoms with van der Waals surface area (Å²) in [7, 11) is 0. The van der Waals surface area contributed by atoms with Crippen LogP contribution in [0.5, 0.6) is 0 Å². The molecule has 0 unspecified atom stereocenters. The molecule has 1 aliphatic heterocycles. The maximum Gasteiger partial charge on any atom is 0.309 e. The van der Waals surface area contributed by atoms with Crippen molar-refractivity contribution in [1.29, 1.82) is 0 Å². The van der Waals surface area contributed by atoms with Crippen molar-refractivity contribution in [3.05, 3.63) is 30.1 Å². The molecule has 3 amide bonds. The molecule has 8 heteroatoms. The molecule has 0 radical (unpaired) electrons. The summed E-state index contributed by atoms with van der Waals surface area (Å²) < 4.78 is 13.0. The van der Waals surface area contributed by atoms with Gasteiger partial charge in [-0.3, -0.25) is 14.4 Å². The largest absolute Gasteiger partial charge is 0.368 e. The van der Waals surface area contributed by atoms with Gasteiger partial charge in [0.2, 0.25) is 5.91 Å². The van der Waals surface area contributed by atoms with Crippen LogP contribution in [-0.4, -0.2) is 61.4 Å². The number of rotatable bonds is 4. The van der Waals surface area contributed by atoms with Crippen LogP contribution in [0.25, 0.3) is 0 Å². The summed E-state index contributed by atoms with van der Waals surface area (Å²) >= 11 is 0. The van der Waals surface area contributed by atoms with Gasteiger partial charge in [0.15, 0.2) is 0 Å². The summed E-state index contributed by atoms with van der Waals surface area (Å²) in [5, 5.41) is 5.16. The number of amides is 3. The van der Waals surface area contributed by atoms with Crippen LogP contribution in [0.3, 0.4) is 0 Å². The Morgan fingerprint density at radius 1 is 0.929 bits per heavy atom. The molecule has 1 aliphatic carbocycles. The number of hydrogen-bond acceptors (Lipinski definition) is 4. The number of hydrogen-bond donors (Lipinski definition) is 2. The van der Waals surface area contributed by atoms with Crippen molar-refractivity contribution in [3.63, 3.8) is 0 Å². The van der Waals surface area contributed by atoms with Gasteiger partial charge in [-0.2, -0.15) is 0 Å². The molecular weight excluding hydrogens is 363 g/mol. The van der Waals surface area contributed by atoms with Gasteiger partial charge in [-0.05, 0) is 37.1 Å². The Hall–Kier alpha value is -2.64. The number of nitrogens with zero attached hydrogens (tertiary/aromatic N) is 2. The van der Waals surface area contributed by atoms with Crippen LogP contribution in [0.4, 0.5) is 10.1 Å². The summed E-state index contributed by atoms with van der Waals surface area (Å²) in [5.74, 6) is -1.91. The molecule has 1 saturated heterocycles. The van der Waals surface area contributed by atoms with E-state index in [0.717, 1.165) is 31.4 Å². The number of halogens is 1. The van der Waals surface area contributed by atoms with Crippen LogP contribution in [0, 0.1) is 5.82 Å².